The van der Waals surface area contributed by atoms with Crippen molar-refractivity contribution in [3.63, 3.8) is 0 Å². The highest BCUT2D eigenvalue weighted by atomic mass is 16.7. The van der Waals surface area contributed by atoms with Crippen molar-refractivity contribution in [3.05, 3.63) is 24.3 Å². The highest BCUT2D eigenvalue weighted by Gasteiger charge is 2.30. The standard InChI is InChI=1S/C27H41NO9/c1-7-32-22-10-8-9-11-23(22)34-16-20-14-19(12-13-33-20)25(30)36-17-35-24(29)15-21(18(2)3)28-26(31)37-27(4,5)6/h8-11,18-21H,7,12-17H2,1-6H3,(H,28,31)/t19?,20?,21-/m1/s1. The lowest BCUT2D eigenvalue weighted by atomic mass is 9.96. The number of carbonyl (C=O) groups excluding carboxylic acids is 3. The van der Waals surface area contributed by atoms with Gasteiger partial charge < -0.3 is 33.7 Å². The van der Waals surface area contributed by atoms with Crippen LogP contribution in [0.3, 0.4) is 0 Å². The van der Waals surface area contributed by atoms with Crippen LogP contribution in [0, 0.1) is 11.8 Å². The maximum atomic E-state index is 12.5. The van der Waals surface area contributed by atoms with E-state index in [1.807, 2.05) is 45.0 Å². The first-order valence-corrected chi connectivity index (χ1v) is 12.8. The van der Waals surface area contributed by atoms with Gasteiger partial charge in [-0.05, 0) is 58.6 Å². The van der Waals surface area contributed by atoms with E-state index in [1.54, 1.807) is 20.8 Å². The first kappa shape index (κ1) is 30.2. The number of nitrogens with one attached hydrogen (secondary N) is 1. The molecule has 0 aliphatic carbocycles. The van der Waals surface area contributed by atoms with Crippen molar-refractivity contribution in [2.24, 2.45) is 11.8 Å². The van der Waals surface area contributed by atoms with Gasteiger partial charge in [0.1, 0.15) is 12.2 Å². The Morgan fingerprint density at radius 1 is 1.08 bits per heavy atom. The average molecular weight is 524 g/mol. The number of ether oxygens (including phenoxy) is 6. The molecule has 0 bridgehead atoms. The van der Waals surface area contributed by atoms with Gasteiger partial charge in [0, 0.05) is 12.6 Å². The minimum Gasteiger partial charge on any atom is -0.490 e. The number of benzene rings is 1. The minimum absolute atomic E-state index is 0.0375. The van der Waals surface area contributed by atoms with Crippen LogP contribution in [-0.4, -0.2) is 62.4 Å². The van der Waals surface area contributed by atoms with Crippen LogP contribution in [0.2, 0.25) is 0 Å². The molecule has 1 aliphatic heterocycles. The third kappa shape index (κ3) is 11.3. The first-order chi connectivity index (χ1) is 17.5. The fourth-order valence-electron chi connectivity index (χ4n) is 3.66. The Bertz CT molecular complexity index is 881. The van der Waals surface area contributed by atoms with Gasteiger partial charge in [-0.1, -0.05) is 26.0 Å². The molecule has 0 aromatic heterocycles. The van der Waals surface area contributed by atoms with Gasteiger partial charge in [-0.25, -0.2) is 4.79 Å². The fraction of sp³-hybridized carbons (Fsp3) is 0.667. The molecule has 1 heterocycles. The minimum atomic E-state index is -0.649. The third-order valence-electron chi connectivity index (χ3n) is 5.59. The number of carbonyl (C=O) groups is 3. The Morgan fingerprint density at radius 2 is 1.76 bits per heavy atom. The van der Waals surface area contributed by atoms with Crippen LogP contribution < -0.4 is 14.8 Å². The topological polar surface area (TPSA) is 119 Å². The van der Waals surface area contributed by atoms with Gasteiger partial charge in [-0.3, -0.25) is 9.59 Å². The predicted octanol–water partition coefficient (Wildman–Crippen LogP) is 4.24. The molecule has 1 aromatic carbocycles. The van der Waals surface area contributed by atoms with Gasteiger partial charge in [0.05, 0.1) is 25.0 Å². The molecule has 3 atom stereocenters. The van der Waals surface area contributed by atoms with Crippen LogP contribution in [0.25, 0.3) is 0 Å². The predicted molar refractivity (Wildman–Crippen MR) is 135 cm³/mol. The van der Waals surface area contributed by atoms with E-state index < -0.39 is 36.5 Å². The van der Waals surface area contributed by atoms with Gasteiger partial charge in [0.2, 0.25) is 6.79 Å². The number of hydrogen-bond acceptors (Lipinski definition) is 9. The third-order valence-corrected chi connectivity index (χ3v) is 5.59. The summed E-state index contributed by atoms with van der Waals surface area (Å²) in [6.45, 7) is 11.6. The molecule has 2 rings (SSSR count). The van der Waals surface area contributed by atoms with E-state index >= 15 is 0 Å². The van der Waals surface area contributed by atoms with Crippen molar-refractivity contribution >= 4 is 18.0 Å². The van der Waals surface area contributed by atoms with E-state index in [9.17, 15) is 14.4 Å². The van der Waals surface area contributed by atoms with E-state index in [0.717, 1.165) is 0 Å². The number of amides is 1. The maximum absolute atomic E-state index is 12.5. The Morgan fingerprint density at radius 3 is 2.38 bits per heavy atom. The maximum Gasteiger partial charge on any atom is 0.407 e. The van der Waals surface area contributed by atoms with Crippen molar-refractivity contribution < 1.29 is 42.8 Å². The van der Waals surface area contributed by atoms with Crippen molar-refractivity contribution in [2.75, 3.05) is 26.6 Å². The highest BCUT2D eigenvalue weighted by Crippen LogP contribution is 2.28. The van der Waals surface area contributed by atoms with Crippen molar-refractivity contribution in [2.45, 2.75) is 78.6 Å². The Labute approximate surface area is 219 Å². The lowest BCUT2D eigenvalue weighted by Gasteiger charge is -2.28. The number of esters is 2. The Balaban J connectivity index is 1.75. The molecule has 1 saturated heterocycles. The Kier molecular flexibility index (Phi) is 12.0. The van der Waals surface area contributed by atoms with Crippen molar-refractivity contribution in [1.29, 1.82) is 0 Å². The molecule has 1 N–H and O–H groups in total. The molecule has 2 unspecified atom stereocenters. The molecule has 0 radical (unpaired) electrons. The molecule has 1 aromatic rings. The van der Waals surface area contributed by atoms with E-state index in [0.29, 0.717) is 37.6 Å². The van der Waals surface area contributed by atoms with Crippen LogP contribution in [0.4, 0.5) is 4.79 Å². The summed E-state index contributed by atoms with van der Waals surface area (Å²) in [4.78, 5) is 36.9. The van der Waals surface area contributed by atoms with E-state index in [2.05, 4.69) is 5.32 Å². The lowest BCUT2D eigenvalue weighted by Crippen LogP contribution is -2.43. The molecule has 208 valence electrons. The van der Waals surface area contributed by atoms with E-state index in [1.165, 1.54) is 0 Å². The zero-order valence-corrected chi connectivity index (χ0v) is 22.7. The zero-order valence-electron chi connectivity index (χ0n) is 22.7. The molecule has 10 heteroatoms. The van der Waals surface area contributed by atoms with Gasteiger partial charge in [-0.15, -0.1) is 0 Å². The summed E-state index contributed by atoms with van der Waals surface area (Å²) in [6.07, 6.45) is -0.0274. The molecular formula is C27H41NO9. The summed E-state index contributed by atoms with van der Waals surface area (Å²) in [5.41, 5.74) is -0.649. The van der Waals surface area contributed by atoms with E-state index in [4.69, 9.17) is 28.4 Å². The van der Waals surface area contributed by atoms with Gasteiger partial charge >= 0.3 is 18.0 Å². The summed E-state index contributed by atoms with van der Waals surface area (Å²) in [6, 6.07) is 6.90. The van der Waals surface area contributed by atoms with Gasteiger partial charge in [0.15, 0.2) is 11.5 Å². The number of rotatable bonds is 12. The SMILES string of the molecule is CCOc1ccccc1OCC1CC(C(=O)OCOC(=O)C[C@@H](NC(=O)OC(C)(C)C)C(C)C)CCO1. The van der Waals surface area contributed by atoms with Crippen LogP contribution in [0.15, 0.2) is 24.3 Å². The van der Waals surface area contributed by atoms with Crippen LogP contribution in [-0.2, 0) is 28.5 Å². The summed E-state index contributed by atoms with van der Waals surface area (Å²) < 4.78 is 32.7. The quantitative estimate of drug-likeness (QED) is 0.317. The average Bonchev–Trinajstić information content (AvgIpc) is 2.82. The zero-order chi connectivity index (χ0) is 27.4. The van der Waals surface area contributed by atoms with Crippen LogP contribution >= 0.6 is 0 Å². The highest BCUT2D eigenvalue weighted by molar-refractivity contribution is 5.74. The first-order valence-electron chi connectivity index (χ1n) is 12.8. The number of alkyl carbamates (subject to hydrolysis) is 1. The summed E-state index contributed by atoms with van der Waals surface area (Å²) in [7, 11) is 0. The second-order valence-corrected chi connectivity index (χ2v) is 10.2. The molecular weight excluding hydrogens is 482 g/mol. The lowest BCUT2D eigenvalue weighted by molar-refractivity contribution is -0.173. The van der Waals surface area contributed by atoms with E-state index in [-0.39, 0.29) is 31.0 Å². The summed E-state index contributed by atoms with van der Waals surface area (Å²) in [5, 5.41) is 2.69. The Hall–Kier alpha value is -3.01. The van der Waals surface area contributed by atoms with Crippen LogP contribution in [0.5, 0.6) is 11.5 Å². The van der Waals surface area contributed by atoms with Crippen molar-refractivity contribution in [1.82, 2.24) is 5.32 Å². The number of para-hydroxylation sites is 2. The molecule has 1 amide bonds. The molecule has 37 heavy (non-hydrogen) atoms. The molecule has 1 aliphatic rings. The van der Waals surface area contributed by atoms with Gasteiger partial charge in [0.25, 0.3) is 0 Å². The number of hydrogen-bond donors (Lipinski definition) is 1. The smallest absolute Gasteiger partial charge is 0.407 e. The van der Waals surface area contributed by atoms with Crippen LogP contribution in [0.1, 0.15) is 60.8 Å². The summed E-state index contributed by atoms with van der Waals surface area (Å²) >= 11 is 0. The molecule has 0 spiro atoms. The normalized spacial score (nSPS) is 18.5. The second kappa shape index (κ2) is 14.7. The second-order valence-electron chi connectivity index (χ2n) is 10.2. The molecule has 10 nitrogen and oxygen atoms in total. The fourth-order valence-corrected chi connectivity index (χ4v) is 3.66. The molecule has 1 fully saturated rings. The monoisotopic (exact) mass is 523 g/mol. The largest absolute Gasteiger partial charge is 0.490 e. The summed E-state index contributed by atoms with van der Waals surface area (Å²) in [5.74, 6) is -0.202. The molecule has 0 saturated carbocycles. The van der Waals surface area contributed by atoms with Crippen molar-refractivity contribution in [3.8, 4) is 11.5 Å². The van der Waals surface area contributed by atoms with Gasteiger partial charge in [-0.2, -0.15) is 0 Å².